The van der Waals surface area contributed by atoms with Crippen molar-refractivity contribution in [3.63, 3.8) is 0 Å². The fraction of sp³-hybridized carbons (Fsp3) is 0.0938. The highest BCUT2D eigenvalue weighted by Crippen LogP contribution is 2.34. The quantitative estimate of drug-likeness (QED) is 0.0866. The molecule has 0 N–H and O–H groups in total. The minimum atomic E-state index is -0.453. The number of hydrogen-bond acceptors (Lipinski definition) is 8. The van der Waals surface area contributed by atoms with Gasteiger partial charge in [-0.2, -0.15) is 9.78 Å². The molecule has 44 heavy (non-hydrogen) atoms. The summed E-state index contributed by atoms with van der Waals surface area (Å²) in [4.78, 5) is 29.1. The highest BCUT2D eigenvalue weighted by atomic mass is 79.9. The number of hydrogen-bond donors (Lipinski definition) is 0. The topological polar surface area (TPSA) is 122 Å². The summed E-state index contributed by atoms with van der Waals surface area (Å²) in [6.07, 6.45) is 1.51. The summed E-state index contributed by atoms with van der Waals surface area (Å²) < 4.78 is 19.7. The molecule has 0 aliphatic heterocycles. The van der Waals surface area contributed by atoms with Gasteiger partial charge in [0, 0.05) is 32.6 Å². The molecule has 0 unspecified atom stereocenters. The van der Waals surface area contributed by atoms with Crippen LogP contribution in [0.15, 0.2) is 104 Å². The number of non-ortho nitro benzene ring substituents is 1. The summed E-state index contributed by atoms with van der Waals surface area (Å²) in [5.74, 6) is 1.42. The van der Waals surface area contributed by atoms with Crippen LogP contribution < -0.4 is 15.0 Å². The van der Waals surface area contributed by atoms with E-state index in [1.54, 1.807) is 72.8 Å². The summed E-state index contributed by atoms with van der Waals surface area (Å²) in [5, 5.41) is 17.4. The zero-order valence-corrected chi connectivity index (χ0v) is 25.4. The Hall–Kier alpha value is -5.00. The molecule has 0 aliphatic carbocycles. The number of fused-ring (bicyclic) bond motifs is 2. The third kappa shape index (κ3) is 5.92. The van der Waals surface area contributed by atoms with Gasteiger partial charge in [0.15, 0.2) is 17.3 Å². The molecule has 2 aromatic heterocycles. The van der Waals surface area contributed by atoms with Gasteiger partial charge in [-0.1, -0.05) is 35.9 Å². The molecule has 0 spiro atoms. The van der Waals surface area contributed by atoms with E-state index in [2.05, 4.69) is 21.0 Å². The molecule has 0 saturated carbocycles. The van der Waals surface area contributed by atoms with E-state index >= 15 is 0 Å². The van der Waals surface area contributed by atoms with Gasteiger partial charge in [-0.05, 0) is 76.9 Å². The second kappa shape index (κ2) is 12.3. The Balaban J connectivity index is 1.38. The van der Waals surface area contributed by atoms with Gasteiger partial charge in [-0.25, -0.2) is 4.98 Å². The Morgan fingerprint density at radius 1 is 1.05 bits per heavy atom. The number of rotatable bonds is 9. The molecule has 0 aliphatic rings. The first-order chi connectivity index (χ1) is 21.3. The Bertz CT molecular complexity index is 2140. The second-order valence-corrected chi connectivity index (χ2v) is 10.9. The van der Waals surface area contributed by atoms with Crippen molar-refractivity contribution >= 4 is 61.3 Å². The number of para-hydroxylation sites is 1. The Labute approximate surface area is 263 Å². The van der Waals surface area contributed by atoms with Gasteiger partial charge in [0.05, 0.1) is 28.6 Å². The van der Waals surface area contributed by atoms with Gasteiger partial charge in [-0.15, -0.1) is 0 Å². The number of halogens is 2. The Morgan fingerprint density at radius 2 is 1.86 bits per heavy atom. The largest absolute Gasteiger partial charge is 0.490 e. The van der Waals surface area contributed by atoms with E-state index in [9.17, 15) is 14.9 Å². The number of ether oxygens (including phenoxy) is 2. The normalized spacial score (nSPS) is 11.4. The summed E-state index contributed by atoms with van der Waals surface area (Å²) in [6.45, 7) is 2.29. The van der Waals surface area contributed by atoms with E-state index in [1.165, 1.54) is 23.0 Å². The number of nitro groups is 1. The van der Waals surface area contributed by atoms with Crippen molar-refractivity contribution in [2.45, 2.75) is 13.5 Å². The average molecular weight is 674 g/mol. The van der Waals surface area contributed by atoms with Gasteiger partial charge in [-0.3, -0.25) is 14.9 Å². The van der Waals surface area contributed by atoms with Crippen LogP contribution in [0, 0.1) is 10.1 Å². The first-order valence-electron chi connectivity index (χ1n) is 13.4. The molecule has 0 saturated heterocycles. The minimum Gasteiger partial charge on any atom is -0.490 e. The van der Waals surface area contributed by atoms with Crippen LogP contribution in [0.3, 0.4) is 0 Å². The molecule has 2 heterocycles. The molecule has 10 nitrogen and oxygen atoms in total. The highest BCUT2D eigenvalue weighted by molar-refractivity contribution is 9.10. The number of nitro benzene ring substituents is 1. The van der Waals surface area contributed by atoms with Crippen LogP contribution in [0.1, 0.15) is 18.1 Å². The van der Waals surface area contributed by atoms with E-state index in [1.807, 2.05) is 6.92 Å². The molecule has 6 rings (SSSR count). The molecule has 0 bridgehead atoms. The lowest BCUT2D eigenvalue weighted by Crippen LogP contribution is -2.20. The highest BCUT2D eigenvalue weighted by Gasteiger charge is 2.17. The van der Waals surface area contributed by atoms with Gasteiger partial charge in [0.2, 0.25) is 5.82 Å². The summed E-state index contributed by atoms with van der Waals surface area (Å²) in [7, 11) is 0. The van der Waals surface area contributed by atoms with Crippen molar-refractivity contribution in [2.75, 3.05) is 6.61 Å². The maximum atomic E-state index is 13.7. The molecule has 220 valence electrons. The molecule has 12 heteroatoms. The van der Waals surface area contributed by atoms with Crippen LogP contribution in [0.25, 0.3) is 33.5 Å². The number of aromatic nitrogens is 2. The molecule has 6 aromatic rings. The van der Waals surface area contributed by atoms with Crippen molar-refractivity contribution in [3.05, 3.63) is 126 Å². The number of furan rings is 1. The van der Waals surface area contributed by atoms with E-state index < -0.39 is 4.92 Å². The van der Waals surface area contributed by atoms with Crippen LogP contribution in [-0.2, 0) is 6.61 Å². The monoisotopic (exact) mass is 672 g/mol. The molecule has 0 fully saturated rings. The lowest BCUT2D eigenvalue weighted by molar-refractivity contribution is -0.384. The van der Waals surface area contributed by atoms with Crippen LogP contribution in [0.5, 0.6) is 11.5 Å². The van der Waals surface area contributed by atoms with Gasteiger partial charge >= 0.3 is 0 Å². The second-order valence-electron chi connectivity index (χ2n) is 9.58. The summed E-state index contributed by atoms with van der Waals surface area (Å²) in [5.41, 5.74) is 1.92. The maximum Gasteiger partial charge on any atom is 0.282 e. The fourth-order valence-electron chi connectivity index (χ4n) is 4.59. The van der Waals surface area contributed by atoms with Gasteiger partial charge in [0.25, 0.3) is 11.2 Å². The summed E-state index contributed by atoms with van der Waals surface area (Å²) in [6, 6.07) is 23.7. The predicted molar refractivity (Wildman–Crippen MR) is 172 cm³/mol. The Kier molecular flexibility index (Phi) is 8.14. The first kappa shape index (κ1) is 29.1. The number of benzene rings is 4. The van der Waals surface area contributed by atoms with Crippen LogP contribution >= 0.6 is 27.5 Å². The molecule has 0 amide bonds. The standard InChI is InChI=1S/C32H22BrClN4O6/c1-2-42-28-15-21(25(33)16-29(28)43-18-19-6-5-7-23(12-19)38(40)41)17-35-37-31(36-26-9-4-3-8-24(26)32(37)39)30-14-20-13-22(34)10-11-27(20)44-30/h3-17H,2,18H2,1H3. The fourth-order valence-corrected chi connectivity index (χ4v) is 5.19. The van der Waals surface area contributed by atoms with Crippen molar-refractivity contribution < 1.29 is 18.8 Å². The zero-order chi connectivity index (χ0) is 30.8. The molecule has 0 atom stereocenters. The summed E-state index contributed by atoms with van der Waals surface area (Å²) >= 11 is 9.74. The van der Waals surface area contributed by atoms with Crippen LogP contribution in [0.2, 0.25) is 5.02 Å². The molecular formula is C32H22BrClN4O6. The van der Waals surface area contributed by atoms with E-state index in [4.69, 9.17) is 30.5 Å². The van der Waals surface area contributed by atoms with Crippen molar-refractivity contribution in [3.8, 4) is 23.1 Å². The maximum absolute atomic E-state index is 13.7. The molecule has 4 aromatic carbocycles. The predicted octanol–water partition coefficient (Wildman–Crippen LogP) is 7.99. The van der Waals surface area contributed by atoms with Crippen molar-refractivity contribution in [1.29, 1.82) is 0 Å². The van der Waals surface area contributed by atoms with Crippen LogP contribution in [0.4, 0.5) is 5.69 Å². The average Bonchev–Trinajstić information content (AvgIpc) is 3.44. The smallest absolute Gasteiger partial charge is 0.282 e. The first-order valence-corrected chi connectivity index (χ1v) is 14.6. The van der Waals surface area contributed by atoms with E-state index in [-0.39, 0.29) is 23.7 Å². The third-order valence-electron chi connectivity index (χ3n) is 6.64. The number of nitrogens with zero attached hydrogens (tertiary/aromatic N) is 4. The van der Waals surface area contributed by atoms with Crippen molar-refractivity contribution in [1.82, 2.24) is 9.66 Å². The minimum absolute atomic E-state index is 0.0203. The third-order valence-corrected chi connectivity index (χ3v) is 7.57. The lowest BCUT2D eigenvalue weighted by Gasteiger charge is -2.14. The molecule has 0 radical (unpaired) electrons. The SMILES string of the molecule is CCOc1cc(C=Nn2c(-c3cc4cc(Cl)ccc4o3)nc3ccccc3c2=O)c(Br)cc1OCc1cccc([N+](=O)[O-])c1. The lowest BCUT2D eigenvalue weighted by atomic mass is 10.2. The van der Waals surface area contributed by atoms with Crippen molar-refractivity contribution in [2.24, 2.45) is 5.10 Å². The van der Waals surface area contributed by atoms with Gasteiger partial charge < -0.3 is 13.9 Å². The molecular weight excluding hydrogens is 652 g/mol. The Morgan fingerprint density at radius 3 is 2.68 bits per heavy atom. The zero-order valence-electron chi connectivity index (χ0n) is 23.1. The van der Waals surface area contributed by atoms with E-state index in [0.717, 1.165) is 5.39 Å². The van der Waals surface area contributed by atoms with E-state index in [0.29, 0.717) is 61.0 Å². The van der Waals surface area contributed by atoms with Gasteiger partial charge in [0.1, 0.15) is 12.2 Å². The van der Waals surface area contributed by atoms with Crippen LogP contribution in [-0.4, -0.2) is 27.4 Å².